The van der Waals surface area contributed by atoms with Crippen LogP contribution >= 0.6 is 0 Å². The Kier molecular flexibility index (Phi) is 6.34. The second-order valence-corrected chi connectivity index (χ2v) is 8.19. The van der Waals surface area contributed by atoms with Crippen LogP contribution in [0, 0.1) is 0 Å². The van der Waals surface area contributed by atoms with E-state index in [0.717, 1.165) is 27.2 Å². The Hall–Kier alpha value is -3.35. The number of hydrogen-bond acceptors (Lipinski definition) is 4. The molecule has 0 heterocycles. The molecule has 3 rings (SSSR count). The largest absolute Gasteiger partial charge is 0.480 e. The van der Waals surface area contributed by atoms with Crippen molar-refractivity contribution >= 4 is 18.0 Å². The lowest BCUT2D eigenvalue weighted by Gasteiger charge is -2.34. The summed E-state index contributed by atoms with van der Waals surface area (Å²) in [7, 11) is 1.42. The first kappa shape index (κ1) is 22.3. The number of fused-ring (bicyclic) bond motifs is 3. The quantitative estimate of drug-likeness (QED) is 0.708. The van der Waals surface area contributed by atoms with Crippen LogP contribution in [-0.4, -0.2) is 53.2 Å². The molecular weight excluding hydrogens is 396 g/mol. The first-order chi connectivity index (χ1) is 14.7. The van der Waals surface area contributed by atoms with E-state index in [-0.39, 0.29) is 12.5 Å². The highest BCUT2D eigenvalue weighted by Crippen LogP contribution is 2.44. The molecule has 0 radical (unpaired) electrons. The monoisotopic (exact) mass is 424 g/mol. The van der Waals surface area contributed by atoms with Gasteiger partial charge in [-0.25, -0.2) is 9.59 Å². The van der Waals surface area contributed by atoms with Gasteiger partial charge in [0.2, 0.25) is 5.91 Å². The molecule has 2 amide bonds. The molecule has 7 nitrogen and oxygen atoms in total. The molecule has 1 aliphatic rings. The van der Waals surface area contributed by atoms with Crippen molar-refractivity contribution in [1.82, 2.24) is 10.2 Å². The molecule has 1 atom stereocenters. The van der Waals surface area contributed by atoms with Crippen LogP contribution in [-0.2, 0) is 14.3 Å². The number of carbonyl (C=O) groups is 3. The van der Waals surface area contributed by atoms with E-state index in [0.29, 0.717) is 6.42 Å². The number of carbonyl (C=O) groups excluding carboxylic acids is 2. The summed E-state index contributed by atoms with van der Waals surface area (Å²) in [6.07, 6.45) is -0.396. The molecule has 31 heavy (non-hydrogen) atoms. The molecule has 0 aliphatic heterocycles. The minimum atomic E-state index is -1.40. The van der Waals surface area contributed by atoms with Gasteiger partial charge in [0, 0.05) is 13.0 Å². The fourth-order valence-corrected chi connectivity index (χ4v) is 3.77. The van der Waals surface area contributed by atoms with E-state index < -0.39 is 29.6 Å². The van der Waals surface area contributed by atoms with Crippen LogP contribution in [0.3, 0.4) is 0 Å². The minimum absolute atomic E-state index is 0.0810. The highest BCUT2D eigenvalue weighted by molar-refractivity contribution is 5.90. The fraction of sp³-hybridized carbons (Fsp3) is 0.375. The van der Waals surface area contributed by atoms with Gasteiger partial charge in [-0.2, -0.15) is 0 Å². The summed E-state index contributed by atoms with van der Waals surface area (Å²) >= 11 is 0. The number of likely N-dealkylation sites (N-methyl/N-ethyl adjacent to an activating group) is 1. The number of carboxylic acids is 1. The topological polar surface area (TPSA) is 95.9 Å². The Morgan fingerprint density at radius 3 is 2.06 bits per heavy atom. The van der Waals surface area contributed by atoms with Gasteiger partial charge in [-0.1, -0.05) is 55.5 Å². The number of amides is 2. The molecule has 164 valence electrons. The average Bonchev–Trinajstić information content (AvgIpc) is 3.08. The zero-order chi connectivity index (χ0) is 22.8. The first-order valence-electron chi connectivity index (χ1n) is 10.3. The number of benzene rings is 2. The van der Waals surface area contributed by atoms with Crippen LogP contribution in [0.15, 0.2) is 48.5 Å². The molecule has 2 aromatic carbocycles. The first-order valence-corrected chi connectivity index (χ1v) is 10.3. The lowest BCUT2D eigenvalue weighted by molar-refractivity contribution is -0.156. The van der Waals surface area contributed by atoms with Crippen LogP contribution in [0.1, 0.15) is 44.2 Å². The summed E-state index contributed by atoms with van der Waals surface area (Å²) in [6.45, 7) is 4.76. The molecule has 2 aromatic rings. The standard InChI is InChI=1S/C24H28N2O5/c1-5-20(21(27)26(4)24(2,3)22(28)29)25-23(30)31-14-19-17-12-8-6-10-15(17)16-11-7-9-13-18(16)19/h6-13,19-20H,5,14H2,1-4H3,(H,25,30)(H,28,29)/t20-/m1/s1. The van der Waals surface area contributed by atoms with E-state index in [4.69, 9.17) is 4.74 Å². The van der Waals surface area contributed by atoms with Crippen LogP contribution in [0.25, 0.3) is 11.1 Å². The van der Waals surface area contributed by atoms with Gasteiger partial charge in [0.25, 0.3) is 0 Å². The van der Waals surface area contributed by atoms with Gasteiger partial charge in [0.1, 0.15) is 18.2 Å². The van der Waals surface area contributed by atoms with Gasteiger partial charge in [-0.05, 0) is 42.5 Å². The molecule has 1 aliphatic carbocycles. The second kappa shape index (κ2) is 8.79. The second-order valence-electron chi connectivity index (χ2n) is 8.19. The average molecular weight is 424 g/mol. The van der Waals surface area contributed by atoms with Crippen molar-refractivity contribution in [3.8, 4) is 11.1 Å². The molecule has 2 N–H and O–H groups in total. The van der Waals surface area contributed by atoms with Gasteiger partial charge in [0.15, 0.2) is 0 Å². The van der Waals surface area contributed by atoms with Crippen molar-refractivity contribution in [2.24, 2.45) is 0 Å². The zero-order valence-electron chi connectivity index (χ0n) is 18.2. The Bertz CT molecular complexity index is 955. The molecule has 0 spiro atoms. The van der Waals surface area contributed by atoms with Gasteiger partial charge in [-0.15, -0.1) is 0 Å². The number of aliphatic carboxylic acids is 1. The summed E-state index contributed by atoms with van der Waals surface area (Å²) in [5, 5.41) is 11.9. The third-order valence-corrected chi connectivity index (χ3v) is 6.03. The summed E-state index contributed by atoms with van der Waals surface area (Å²) in [5.41, 5.74) is 3.07. The number of ether oxygens (including phenoxy) is 1. The Morgan fingerprint density at radius 1 is 1.06 bits per heavy atom. The Morgan fingerprint density at radius 2 is 1.58 bits per heavy atom. The maximum absolute atomic E-state index is 12.7. The number of rotatable bonds is 7. The van der Waals surface area contributed by atoms with E-state index in [9.17, 15) is 19.5 Å². The van der Waals surface area contributed by atoms with E-state index in [1.807, 2.05) is 36.4 Å². The summed E-state index contributed by atoms with van der Waals surface area (Å²) in [4.78, 5) is 37.8. The molecule has 0 unspecified atom stereocenters. The normalized spacial score (nSPS) is 13.7. The molecule has 0 saturated heterocycles. The molecule has 0 bridgehead atoms. The number of hydrogen-bond donors (Lipinski definition) is 2. The highest BCUT2D eigenvalue weighted by Gasteiger charge is 2.38. The van der Waals surface area contributed by atoms with Crippen molar-refractivity contribution < 1.29 is 24.2 Å². The van der Waals surface area contributed by atoms with E-state index in [2.05, 4.69) is 17.4 Å². The number of nitrogens with zero attached hydrogens (tertiary/aromatic N) is 1. The fourth-order valence-electron chi connectivity index (χ4n) is 3.77. The smallest absolute Gasteiger partial charge is 0.407 e. The predicted octanol–water partition coefficient (Wildman–Crippen LogP) is 3.63. The Labute approximate surface area is 182 Å². The Balaban J connectivity index is 1.67. The van der Waals surface area contributed by atoms with Crippen LogP contribution < -0.4 is 5.32 Å². The zero-order valence-corrected chi connectivity index (χ0v) is 18.2. The van der Waals surface area contributed by atoms with Crippen molar-refractivity contribution in [2.75, 3.05) is 13.7 Å². The van der Waals surface area contributed by atoms with E-state index in [1.165, 1.54) is 20.9 Å². The maximum Gasteiger partial charge on any atom is 0.407 e. The molecule has 0 aromatic heterocycles. The van der Waals surface area contributed by atoms with Gasteiger partial charge in [-0.3, -0.25) is 4.79 Å². The maximum atomic E-state index is 12.7. The van der Waals surface area contributed by atoms with Crippen molar-refractivity contribution in [1.29, 1.82) is 0 Å². The lowest BCUT2D eigenvalue weighted by Crippen LogP contribution is -2.57. The van der Waals surface area contributed by atoms with Crippen LogP contribution in [0.5, 0.6) is 0 Å². The molecule has 7 heteroatoms. The summed E-state index contributed by atoms with van der Waals surface area (Å²) in [5.74, 6) is -1.69. The van der Waals surface area contributed by atoms with Crippen LogP contribution in [0.4, 0.5) is 4.79 Å². The molecule has 0 saturated carbocycles. The van der Waals surface area contributed by atoms with Crippen molar-refractivity contribution in [2.45, 2.75) is 44.7 Å². The third kappa shape index (κ3) is 4.26. The molecule has 0 fully saturated rings. The van der Waals surface area contributed by atoms with Crippen molar-refractivity contribution in [3.05, 3.63) is 59.7 Å². The van der Waals surface area contributed by atoms with Gasteiger partial charge in [0.05, 0.1) is 0 Å². The number of carboxylic acid groups (broad SMARTS) is 1. The molecular formula is C24H28N2O5. The summed E-state index contributed by atoms with van der Waals surface area (Å²) < 4.78 is 5.50. The SMILES string of the molecule is CC[C@@H](NC(=O)OCC1c2ccccc2-c2ccccc21)C(=O)N(C)C(C)(C)C(=O)O. The highest BCUT2D eigenvalue weighted by atomic mass is 16.5. The van der Waals surface area contributed by atoms with E-state index in [1.54, 1.807) is 6.92 Å². The summed E-state index contributed by atoms with van der Waals surface area (Å²) in [6, 6.07) is 15.2. The van der Waals surface area contributed by atoms with Crippen LogP contribution in [0.2, 0.25) is 0 Å². The van der Waals surface area contributed by atoms with Gasteiger partial charge < -0.3 is 20.1 Å². The predicted molar refractivity (Wildman–Crippen MR) is 117 cm³/mol. The van der Waals surface area contributed by atoms with E-state index >= 15 is 0 Å². The third-order valence-electron chi connectivity index (χ3n) is 6.03. The van der Waals surface area contributed by atoms with Crippen molar-refractivity contribution in [3.63, 3.8) is 0 Å². The van der Waals surface area contributed by atoms with Gasteiger partial charge >= 0.3 is 12.1 Å². The lowest BCUT2D eigenvalue weighted by atomic mass is 9.98. The number of alkyl carbamates (subject to hydrolysis) is 1. The number of nitrogens with one attached hydrogen (secondary N) is 1. The minimum Gasteiger partial charge on any atom is -0.480 e.